The average molecular weight is 329 g/mol. The number of hydrogen-bond donors (Lipinski definition) is 1. The molecule has 0 spiro atoms. The molecule has 0 fully saturated rings. The number of aromatic carboxylic acids is 1. The van der Waals surface area contributed by atoms with Crippen LogP contribution in [0.3, 0.4) is 0 Å². The number of rotatable bonds is 5. The predicted molar refractivity (Wildman–Crippen MR) is 97.1 cm³/mol. The molecule has 0 amide bonds. The van der Waals surface area contributed by atoms with E-state index in [0.717, 1.165) is 27.8 Å². The number of benzene rings is 3. The molecule has 3 rings (SSSR count). The van der Waals surface area contributed by atoms with Crippen molar-refractivity contribution in [2.45, 2.75) is 6.42 Å². The zero-order valence-corrected chi connectivity index (χ0v) is 13.6. The first-order chi connectivity index (χ1) is 12.0. The van der Waals surface area contributed by atoms with E-state index in [9.17, 15) is 15.0 Å². The van der Waals surface area contributed by atoms with Gasteiger partial charge in [-0.2, -0.15) is 0 Å². The Hall–Kier alpha value is -3.33. The van der Waals surface area contributed by atoms with E-state index in [2.05, 4.69) is 6.58 Å². The molecule has 124 valence electrons. The summed E-state index contributed by atoms with van der Waals surface area (Å²) in [7, 11) is 0. The van der Waals surface area contributed by atoms with Gasteiger partial charge in [0.25, 0.3) is 0 Å². The second-order valence-electron chi connectivity index (χ2n) is 5.86. The molecule has 0 heterocycles. The third-order valence-electron chi connectivity index (χ3n) is 4.12. The highest BCUT2D eigenvalue weighted by molar-refractivity contribution is 5.85. The number of allylic oxidation sites excluding steroid dienone is 1. The van der Waals surface area contributed by atoms with Gasteiger partial charge in [0, 0.05) is 5.56 Å². The number of aromatic hydroxyl groups is 1. The van der Waals surface area contributed by atoms with E-state index in [1.54, 1.807) is 36.4 Å². The predicted octanol–water partition coefficient (Wildman–Crippen LogP) is 3.68. The molecule has 0 unspecified atom stereocenters. The maximum absolute atomic E-state index is 10.8. The lowest BCUT2D eigenvalue weighted by molar-refractivity contribution is -0.255. The van der Waals surface area contributed by atoms with Gasteiger partial charge >= 0.3 is 0 Å². The molecule has 0 atom stereocenters. The lowest BCUT2D eigenvalue weighted by atomic mass is 9.96. The fraction of sp³-hybridized carbons (Fsp3) is 0.0455. The first kappa shape index (κ1) is 16.5. The van der Waals surface area contributed by atoms with Crippen LogP contribution in [0.25, 0.3) is 16.7 Å². The number of para-hydroxylation sites is 1. The summed E-state index contributed by atoms with van der Waals surface area (Å²) in [5, 5.41) is 20.7. The molecule has 1 N–H and O–H groups in total. The molecule has 25 heavy (non-hydrogen) atoms. The lowest BCUT2D eigenvalue weighted by Gasteiger charge is -2.10. The van der Waals surface area contributed by atoms with E-state index in [0.29, 0.717) is 6.42 Å². The van der Waals surface area contributed by atoms with Gasteiger partial charge in [-0.3, -0.25) is 0 Å². The maximum atomic E-state index is 10.8. The van der Waals surface area contributed by atoms with Gasteiger partial charge in [0.15, 0.2) is 0 Å². The van der Waals surface area contributed by atoms with E-state index in [4.69, 9.17) is 0 Å². The van der Waals surface area contributed by atoms with Gasteiger partial charge in [-0.1, -0.05) is 73.3 Å². The fourth-order valence-corrected chi connectivity index (χ4v) is 2.71. The van der Waals surface area contributed by atoms with Crippen LogP contribution in [0.15, 0.2) is 79.4 Å². The number of carboxylic acids is 1. The molecule has 0 saturated heterocycles. The third-order valence-corrected chi connectivity index (χ3v) is 4.12. The number of carbonyl (C=O) groups is 1. The zero-order chi connectivity index (χ0) is 17.8. The van der Waals surface area contributed by atoms with Crippen LogP contribution in [0.1, 0.15) is 21.5 Å². The van der Waals surface area contributed by atoms with Crippen molar-refractivity contribution in [2.24, 2.45) is 0 Å². The summed E-state index contributed by atoms with van der Waals surface area (Å²) in [6.07, 6.45) is 0.628. The Bertz CT molecular complexity index is 907. The van der Waals surface area contributed by atoms with Crippen LogP contribution in [-0.4, -0.2) is 11.1 Å². The van der Waals surface area contributed by atoms with E-state index in [1.807, 2.05) is 36.4 Å². The summed E-state index contributed by atoms with van der Waals surface area (Å²) >= 11 is 0. The Balaban J connectivity index is 1.74. The first-order valence-corrected chi connectivity index (χ1v) is 7.91. The molecule has 0 saturated carbocycles. The Morgan fingerprint density at radius 3 is 2.08 bits per heavy atom. The Morgan fingerprint density at radius 2 is 1.48 bits per heavy atom. The molecule has 3 aromatic rings. The summed E-state index contributed by atoms with van der Waals surface area (Å²) in [5.41, 5.74) is 4.82. The summed E-state index contributed by atoms with van der Waals surface area (Å²) in [5.74, 6) is -0.924. The minimum atomic E-state index is -1.18. The van der Waals surface area contributed by atoms with Crippen LogP contribution >= 0.6 is 0 Å². The molecule has 3 nitrogen and oxygen atoms in total. The van der Waals surface area contributed by atoms with Crippen LogP contribution in [0.5, 0.6) is 5.75 Å². The largest absolute Gasteiger partial charge is 0.545 e. The van der Waals surface area contributed by atoms with Crippen LogP contribution in [-0.2, 0) is 6.42 Å². The molecular formula is C22H17O3-. The quantitative estimate of drug-likeness (QED) is 0.777. The van der Waals surface area contributed by atoms with Crippen LogP contribution in [0.4, 0.5) is 0 Å². The Kier molecular flexibility index (Phi) is 4.66. The molecule has 0 aliphatic heterocycles. The Morgan fingerprint density at radius 1 is 0.880 bits per heavy atom. The fourth-order valence-electron chi connectivity index (χ4n) is 2.71. The van der Waals surface area contributed by atoms with Gasteiger partial charge in [-0.05, 0) is 40.3 Å². The minimum Gasteiger partial charge on any atom is -0.545 e. The zero-order valence-electron chi connectivity index (χ0n) is 13.6. The van der Waals surface area contributed by atoms with E-state index < -0.39 is 5.97 Å². The summed E-state index contributed by atoms with van der Waals surface area (Å²) < 4.78 is 0. The van der Waals surface area contributed by atoms with Crippen molar-refractivity contribution in [1.29, 1.82) is 0 Å². The van der Waals surface area contributed by atoms with Gasteiger partial charge < -0.3 is 15.0 Å². The molecule has 0 aromatic heterocycles. The molecule has 3 heteroatoms. The third kappa shape index (κ3) is 3.78. The average Bonchev–Trinajstić information content (AvgIpc) is 2.63. The topological polar surface area (TPSA) is 60.4 Å². The number of phenolic OH excluding ortho intramolecular Hbond substituents is 1. The standard InChI is InChI=1S/C22H18O3/c1-15(14-16-6-8-19(9-7-16)22(24)25)17-10-12-18(13-11-17)20-4-2-3-5-21(20)23/h2-13,23H,1,14H2,(H,24,25)/p-1. The molecule has 0 bridgehead atoms. The molecular weight excluding hydrogens is 312 g/mol. The van der Waals surface area contributed by atoms with Gasteiger partial charge in [0.1, 0.15) is 5.75 Å². The van der Waals surface area contributed by atoms with Gasteiger partial charge in [-0.15, -0.1) is 0 Å². The lowest BCUT2D eigenvalue weighted by Crippen LogP contribution is -2.21. The second kappa shape index (κ2) is 7.05. The van der Waals surface area contributed by atoms with Gasteiger partial charge in [0.2, 0.25) is 0 Å². The van der Waals surface area contributed by atoms with E-state index in [1.165, 1.54) is 0 Å². The maximum Gasteiger partial charge on any atom is 0.123 e. The van der Waals surface area contributed by atoms with Crippen molar-refractivity contribution in [3.63, 3.8) is 0 Å². The Labute approximate surface area is 146 Å². The highest BCUT2D eigenvalue weighted by Crippen LogP contribution is 2.29. The van der Waals surface area contributed by atoms with Crippen LogP contribution in [0, 0.1) is 0 Å². The van der Waals surface area contributed by atoms with Crippen molar-refractivity contribution in [3.8, 4) is 16.9 Å². The highest BCUT2D eigenvalue weighted by Gasteiger charge is 2.05. The smallest absolute Gasteiger partial charge is 0.123 e. The van der Waals surface area contributed by atoms with Gasteiger partial charge in [-0.25, -0.2) is 0 Å². The van der Waals surface area contributed by atoms with Crippen molar-refractivity contribution in [2.75, 3.05) is 0 Å². The highest BCUT2D eigenvalue weighted by atomic mass is 16.4. The van der Waals surface area contributed by atoms with Crippen LogP contribution in [0.2, 0.25) is 0 Å². The SMILES string of the molecule is C=C(Cc1ccc(C(=O)[O-])cc1)c1ccc(-c2ccccc2O)cc1. The summed E-state index contributed by atoms with van der Waals surface area (Å²) in [6.45, 7) is 4.12. The molecule has 3 aromatic carbocycles. The molecule has 0 radical (unpaired) electrons. The van der Waals surface area contributed by atoms with Crippen molar-refractivity contribution >= 4 is 11.5 Å². The van der Waals surface area contributed by atoms with E-state index >= 15 is 0 Å². The molecule has 0 aliphatic rings. The van der Waals surface area contributed by atoms with Crippen molar-refractivity contribution < 1.29 is 15.0 Å². The monoisotopic (exact) mass is 329 g/mol. The van der Waals surface area contributed by atoms with E-state index in [-0.39, 0.29) is 11.3 Å². The van der Waals surface area contributed by atoms with Crippen molar-refractivity contribution in [1.82, 2.24) is 0 Å². The number of hydrogen-bond acceptors (Lipinski definition) is 3. The summed E-state index contributed by atoms with van der Waals surface area (Å²) in [4.78, 5) is 10.8. The first-order valence-electron chi connectivity index (χ1n) is 7.91. The van der Waals surface area contributed by atoms with Crippen molar-refractivity contribution in [3.05, 3.63) is 96.1 Å². The molecule has 0 aliphatic carbocycles. The number of carboxylic acid groups (broad SMARTS) is 1. The summed E-state index contributed by atoms with van der Waals surface area (Å²) in [6, 6.07) is 21.7. The second-order valence-corrected chi connectivity index (χ2v) is 5.86. The number of carbonyl (C=O) groups excluding carboxylic acids is 1. The van der Waals surface area contributed by atoms with Gasteiger partial charge in [0.05, 0.1) is 5.97 Å². The number of phenols is 1. The normalized spacial score (nSPS) is 10.4. The minimum absolute atomic E-state index is 0.168. The van der Waals surface area contributed by atoms with Crippen LogP contribution < -0.4 is 5.11 Å².